The molecule has 0 unspecified atom stereocenters. The van der Waals surface area contributed by atoms with Gasteiger partial charge in [0.1, 0.15) is 17.5 Å². The molecular formula is C16H15Cl2N7O. The van der Waals surface area contributed by atoms with Gasteiger partial charge in [-0.1, -0.05) is 23.2 Å². The highest BCUT2D eigenvalue weighted by Gasteiger charge is 2.24. The average Bonchev–Trinajstić information content (AvgIpc) is 3.20. The maximum absolute atomic E-state index is 12.8. The van der Waals surface area contributed by atoms with Gasteiger partial charge in [-0.25, -0.2) is 4.98 Å². The van der Waals surface area contributed by atoms with E-state index in [4.69, 9.17) is 23.2 Å². The monoisotopic (exact) mass is 391 g/mol. The number of aromatic nitrogens is 6. The molecule has 4 heterocycles. The third-order valence-electron chi connectivity index (χ3n) is 4.30. The molecule has 8 nitrogen and oxygen atoms in total. The number of carbonyl (C=O) groups is 1. The Kier molecular flexibility index (Phi) is 4.60. The molecule has 4 rings (SSSR count). The second-order valence-electron chi connectivity index (χ2n) is 5.92. The first kappa shape index (κ1) is 17.0. The van der Waals surface area contributed by atoms with Crippen LogP contribution < -0.4 is 0 Å². The van der Waals surface area contributed by atoms with E-state index in [1.54, 1.807) is 15.8 Å². The Labute approximate surface area is 159 Å². The fourth-order valence-electron chi connectivity index (χ4n) is 2.98. The molecule has 0 spiro atoms. The van der Waals surface area contributed by atoms with E-state index in [-0.39, 0.29) is 11.1 Å². The molecule has 1 aliphatic rings. The molecule has 0 fully saturated rings. The Hall–Kier alpha value is -2.45. The second kappa shape index (κ2) is 7.05. The van der Waals surface area contributed by atoms with Gasteiger partial charge in [-0.3, -0.25) is 9.48 Å². The SMILES string of the molecule is O=C(c1cnc(Cl)cc1Cl)N1CCc2nnc(Cn3cccn3)n2CC1. The van der Waals surface area contributed by atoms with Crippen LogP contribution in [0.4, 0.5) is 0 Å². The predicted molar refractivity (Wildman–Crippen MR) is 95.2 cm³/mol. The minimum absolute atomic E-state index is 0.161. The zero-order chi connectivity index (χ0) is 18.1. The van der Waals surface area contributed by atoms with Crippen LogP contribution in [0, 0.1) is 0 Å². The van der Waals surface area contributed by atoms with Gasteiger partial charge in [0.15, 0.2) is 5.82 Å². The third kappa shape index (κ3) is 3.30. The predicted octanol–water partition coefficient (Wildman–Crippen LogP) is 1.92. The molecule has 0 radical (unpaired) electrons. The summed E-state index contributed by atoms with van der Waals surface area (Å²) in [6.07, 6.45) is 5.64. The normalized spacial score (nSPS) is 14.2. The molecule has 26 heavy (non-hydrogen) atoms. The first-order valence-corrected chi connectivity index (χ1v) is 8.86. The average molecular weight is 392 g/mol. The number of pyridine rings is 1. The lowest BCUT2D eigenvalue weighted by Crippen LogP contribution is -2.34. The van der Waals surface area contributed by atoms with Crippen molar-refractivity contribution in [1.29, 1.82) is 0 Å². The zero-order valence-electron chi connectivity index (χ0n) is 13.7. The van der Waals surface area contributed by atoms with Gasteiger partial charge in [0, 0.05) is 44.6 Å². The van der Waals surface area contributed by atoms with Crippen molar-refractivity contribution < 1.29 is 4.79 Å². The van der Waals surface area contributed by atoms with Gasteiger partial charge in [-0.05, 0) is 12.1 Å². The van der Waals surface area contributed by atoms with Crippen LogP contribution in [0.25, 0.3) is 0 Å². The standard InChI is InChI=1S/C16H15Cl2N7O/c17-12-8-13(18)19-9-11(12)16(26)23-5-2-14-21-22-15(25(14)7-6-23)10-24-4-1-3-20-24/h1,3-4,8-9H,2,5-7,10H2. The maximum Gasteiger partial charge on any atom is 0.257 e. The number of fused-ring (bicyclic) bond motifs is 1. The minimum atomic E-state index is -0.161. The van der Waals surface area contributed by atoms with Crippen LogP contribution in [0.2, 0.25) is 10.2 Å². The smallest absolute Gasteiger partial charge is 0.257 e. The van der Waals surface area contributed by atoms with Gasteiger partial charge in [0.25, 0.3) is 5.91 Å². The lowest BCUT2D eigenvalue weighted by Gasteiger charge is -2.20. The van der Waals surface area contributed by atoms with E-state index in [0.29, 0.717) is 43.2 Å². The van der Waals surface area contributed by atoms with Crippen molar-refractivity contribution in [2.45, 2.75) is 19.5 Å². The van der Waals surface area contributed by atoms with Crippen molar-refractivity contribution in [2.75, 3.05) is 13.1 Å². The fourth-order valence-corrected chi connectivity index (χ4v) is 3.42. The quantitative estimate of drug-likeness (QED) is 0.637. The molecule has 0 saturated carbocycles. The summed E-state index contributed by atoms with van der Waals surface area (Å²) in [6, 6.07) is 3.34. The molecule has 1 aliphatic heterocycles. The molecular weight excluding hydrogens is 377 g/mol. The summed E-state index contributed by atoms with van der Waals surface area (Å²) in [4.78, 5) is 18.5. The number of amides is 1. The number of hydrogen-bond acceptors (Lipinski definition) is 5. The van der Waals surface area contributed by atoms with Gasteiger partial charge in [-0.2, -0.15) is 5.10 Å². The van der Waals surface area contributed by atoms with Gasteiger partial charge in [0.2, 0.25) is 0 Å². The molecule has 3 aromatic rings. The Bertz CT molecular complexity index is 938. The molecule has 0 aliphatic carbocycles. The van der Waals surface area contributed by atoms with Crippen molar-refractivity contribution in [3.8, 4) is 0 Å². The van der Waals surface area contributed by atoms with Crippen LogP contribution in [0.1, 0.15) is 22.0 Å². The summed E-state index contributed by atoms with van der Waals surface area (Å²) in [5.74, 6) is 1.53. The van der Waals surface area contributed by atoms with E-state index >= 15 is 0 Å². The molecule has 1 amide bonds. The number of hydrogen-bond donors (Lipinski definition) is 0. The van der Waals surface area contributed by atoms with Crippen LogP contribution in [-0.4, -0.2) is 53.4 Å². The summed E-state index contributed by atoms with van der Waals surface area (Å²) in [5.41, 5.74) is 0.352. The number of halogens is 2. The Balaban J connectivity index is 1.51. The molecule has 134 valence electrons. The molecule has 3 aromatic heterocycles. The van der Waals surface area contributed by atoms with Crippen LogP contribution in [-0.2, 0) is 19.5 Å². The van der Waals surface area contributed by atoms with E-state index < -0.39 is 0 Å². The summed E-state index contributed by atoms with van der Waals surface area (Å²) >= 11 is 12.0. The fraction of sp³-hybridized carbons (Fsp3) is 0.312. The van der Waals surface area contributed by atoms with Crippen LogP contribution in [0.15, 0.2) is 30.7 Å². The van der Waals surface area contributed by atoms with E-state index in [0.717, 1.165) is 11.6 Å². The molecule has 10 heteroatoms. The number of nitrogens with zero attached hydrogens (tertiary/aromatic N) is 7. The highest BCUT2D eigenvalue weighted by atomic mass is 35.5. The largest absolute Gasteiger partial charge is 0.336 e. The van der Waals surface area contributed by atoms with Crippen molar-refractivity contribution in [1.82, 2.24) is 34.4 Å². The van der Waals surface area contributed by atoms with Gasteiger partial charge in [-0.15, -0.1) is 10.2 Å². The van der Waals surface area contributed by atoms with Crippen LogP contribution in [0.5, 0.6) is 0 Å². The molecule has 0 aromatic carbocycles. The van der Waals surface area contributed by atoms with Gasteiger partial charge in [0.05, 0.1) is 10.6 Å². The minimum Gasteiger partial charge on any atom is -0.336 e. The van der Waals surface area contributed by atoms with Gasteiger partial charge < -0.3 is 9.47 Å². The van der Waals surface area contributed by atoms with Crippen molar-refractivity contribution in [3.63, 3.8) is 0 Å². The Morgan fingerprint density at radius 3 is 2.85 bits per heavy atom. The number of carbonyl (C=O) groups excluding carboxylic acids is 1. The summed E-state index contributed by atoms with van der Waals surface area (Å²) in [5, 5.41) is 13.3. The lowest BCUT2D eigenvalue weighted by atomic mass is 10.2. The van der Waals surface area contributed by atoms with E-state index in [9.17, 15) is 4.79 Å². The first-order valence-electron chi connectivity index (χ1n) is 8.10. The molecule has 0 atom stereocenters. The lowest BCUT2D eigenvalue weighted by molar-refractivity contribution is 0.0758. The Morgan fingerprint density at radius 1 is 1.19 bits per heavy atom. The van der Waals surface area contributed by atoms with Crippen LogP contribution in [0.3, 0.4) is 0 Å². The summed E-state index contributed by atoms with van der Waals surface area (Å²) < 4.78 is 3.85. The topological polar surface area (TPSA) is 81.7 Å². The van der Waals surface area contributed by atoms with E-state index in [1.165, 1.54) is 12.3 Å². The Morgan fingerprint density at radius 2 is 2.08 bits per heavy atom. The third-order valence-corrected chi connectivity index (χ3v) is 4.82. The number of rotatable bonds is 3. The molecule has 0 saturated heterocycles. The zero-order valence-corrected chi connectivity index (χ0v) is 15.2. The highest BCUT2D eigenvalue weighted by Crippen LogP contribution is 2.21. The summed E-state index contributed by atoms with van der Waals surface area (Å²) in [7, 11) is 0. The van der Waals surface area contributed by atoms with Crippen molar-refractivity contribution in [3.05, 3.63) is 58.1 Å². The first-order chi connectivity index (χ1) is 12.6. The van der Waals surface area contributed by atoms with Crippen LogP contribution >= 0.6 is 23.2 Å². The maximum atomic E-state index is 12.8. The van der Waals surface area contributed by atoms with E-state index in [1.807, 2.05) is 12.3 Å². The van der Waals surface area contributed by atoms with Crippen molar-refractivity contribution >= 4 is 29.1 Å². The second-order valence-corrected chi connectivity index (χ2v) is 6.71. The molecule has 0 bridgehead atoms. The van der Waals surface area contributed by atoms with Crippen molar-refractivity contribution in [2.24, 2.45) is 0 Å². The summed E-state index contributed by atoms with van der Waals surface area (Å²) in [6.45, 7) is 2.23. The highest BCUT2D eigenvalue weighted by molar-refractivity contribution is 6.36. The van der Waals surface area contributed by atoms with Gasteiger partial charge >= 0.3 is 0 Å². The van der Waals surface area contributed by atoms with E-state index in [2.05, 4.69) is 24.8 Å². The molecule has 0 N–H and O–H groups in total.